The zero-order valence-corrected chi connectivity index (χ0v) is 21.3. The zero-order chi connectivity index (χ0) is 22.1. The Morgan fingerprint density at radius 3 is 2.44 bits per heavy atom. The molecule has 2 aliphatic heterocycles. The number of amides is 2. The minimum atomic E-state index is -0.0416. The fourth-order valence-electron chi connectivity index (χ4n) is 3.53. The summed E-state index contributed by atoms with van der Waals surface area (Å²) >= 11 is 0. The lowest BCUT2D eigenvalue weighted by atomic mass is 10.3. The number of halogens is 1. The van der Waals surface area contributed by atoms with Gasteiger partial charge in [-0.05, 0) is 12.1 Å². The van der Waals surface area contributed by atoms with Crippen molar-refractivity contribution in [2.75, 3.05) is 86.2 Å². The Hall–Kier alpha value is -1.86. The molecule has 0 radical (unpaired) electrons. The molecule has 2 fully saturated rings. The van der Waals surface area contributed by atoms with Crippen molar-refractivity contribution >= 4 is 41.8 Å². The van der Waals surface area contributed by atoms with Crippen molar-refractivity contribution in [2.24, 2.45) is 4.99 Å². The van der Waals surface area contributed by atoms with Gasteiger partial charge in [0.2, 0.25) is 11.8 Å². The lowest BCUT2D eigenvalue weighted by Crippen LogP contribution is -2.55. The summed E-state index contributed by atoms with van der Waals surface area (Å²) in [5.74, 6) is 1.75. The number of aliphatic imine (C=N–C) groups is 1. The van der Waals surface area contributed by atoms with E-state index in [9.17, 15) is 9.59 Å². The number of hydrogen-bond donors (Lipinski definition) is 1. The molecule has 0 bridgehead atoms. The molecule has 2 saturated heterocycles. The zero-order valence-electron chi connectivity index (χ0n) is 19.0. The van der Waals surface area contributed by atoms with Crippen molar-refractivity contribution in [1.82, 2.24) is 24.9 Å². The number of guanidine groups is 1. The predicted octanol–water partition coefficient (Wildman–Crippen LogP) is -0.0497. The molecule has 0 aromatic carbocycles. The smallest absolute Gasteiger partial charge is 0.243 e. The van der Waals surface area contributed by atoms with E-state index in [4.69, 9.17) is 9.15 Å². The van der Waals surface area contributed by atoms with Crippen LogP contribution in [0.4, 0.5) is 0 Å². The fourth-order valence-corrected chi connectivity index (χ4v) is 3.53. The Balaban J connectivity index is 0.00000363. The SMILES string of the molecule is CN(C)C(=O)CN=C(NCCc1ccco1)N1CCN(CC(=O)N2CCOCC2)CC1.I. The third-order valence-electron chi connectivity index (χ3n) is 5.49. The van der Waals surface area contributed by atoms with Gasteiger partial charge < -0.3 is 29.2 Å². The van der Waals surface area contributed by atoms with Gasteiger partial charge in [-0.25, -0.2) is 4.99 Å². The second kappa shape index (κ2) is 13.6. The first-order chi connectivity index (χ1) is 15.0. The largest absolute Gasteiger partial charge is 0.469 e. The van der Waals surface area contributed by atoms with E-state index in [2.05, 4.69) is 20.1 Å². The highest BCUT2D eigenvalue weighted by atomic mass is 127. The summed E-state index contributed by atoms with van der Waals surface area (Å²) in [5.41, 5.74) is 0. The van der Waals surface area contributed by atoms with Gasteiger partial charge in [0, 0.05) is 66.3 Å². The maximum absolute atomic E-state index is 12.5. The van der Waals surface area contributed by atoms with Gasteiger partial charge in [0.25, 0.3) is 0 Å². The van der Waals surface area contributed by atoms with Gasteiger partial charge in [0.05, 0.1) is 26.0 Å². The summed E-state index contributed by atoms with van der Waals surface area (Å²) in [6, 6.07) is 3.82. The second-order valence-electron chi connectivity index (χ2n) is 7.94. The fraction of sp³-hybridized carbons (Fsp3) is 0.667. The number of piperazine rings is 1. The van der Waals surface area contributed by atoms with Crippen molar-refractivity contribution < 1.29 is 18.7 Å². The lowest BCUT2D eigenvalue weighted by Gasteiger charge is -2.37. The maximum atomic E-state index is 12.5. The molecule has 3 heterocycles. The van der Waals surface area contributed by atoms with E-state index in [0.29, 0.717) is 39.4 Å². The van der Waals surface area contributed by atoms with Crippen LogP contribution in [0, 0.1) is 0 Å². The molecular weight excluding hydrogens is 527 g/mol. The van der Waals surface area contributed by atoms with Crippen LogP contribution in [0.15, 0.2) is 27.8 Å². The van der Waals surface area contributed by atoms with Crippen molar-refractivity contribution in [3.8, 4) is 0 Å². The van der Waals surface area contributed by atoms with Crippen LogP contribution in [0.5, 0.6) is 0 Å². The molecule has 0 spiro atoms. The van der Waals surface area contributed by atoms with Crippen LogP contribution in [0.25, 0.3) is 0 Å². The molecule has 2 amide bonds. The number of nitrogens with zero attached hydrogens (tertiary/aromatic N) is 5. The molecule has 0 atom stereocenters. The first kappa shape index (κ1) is 26.4. The van der Waals surface area contributed by atoms with E-state index in [-0.39, 0.29) is 42.3 Å². The third kappa shape index (κ3) is 8.24. The van der Waals surface area contributed by atoms with E-state index in [0.717, 1.165) is 44.3 Å². The number of morpholine rings is 1. The van der Waals surface area contributed by atoms with Crippen molar-refractivity contribution in [3.63, 3.8) is 0 Å². The van der Waals surface area contributed by atoms with E-state index in [1.807, 2.05) is 17.0 Å². The first-order valence-corrected chi connectivity index (χ1v) is 10.9. The van der Waals surface area contributed by atoms with Gasteiger partial charge in [-0.2, -0.15) is 0 Å². The van der Waals surface area contributed by atoms with Crippen LogP contribution >= 0.6 is 24.0 Å². The summed E-state index contributed by atoms with van der Waals surface area (Å²) in [7, 11) is 3.46. The Kier molecular flexibility index (Phi) is 11.2. The van der Waals surface area contributed by atoms with Crippen LogP contribution in [0.2, 0.25) is 0 Å². The molecule has 2 aliphatic rings. The quantitative estimate of drug-likeness (QED) is 0.283. The average molecular weight is 562 g/mol. The number of ether oxygens (including phenoxy) is 1. The molecule has 3 rings (SSSR count). The normalized spacial score (nSPS) is 17.6. The van der Waals surface area contributed by atoms with Gasteiger partial charge in [-0.3, -0.25) is 14.5 Å². The highest BCUT2D eigenvalue weighted by Gasteiger charge is 2.24. The summed E-state index contributed by atoms with van der Waals surface area (Å²) in [4.78, 5) is 36.8. The van der Waals surface area contributed by atoms with Gasteiger partial charge in [-0.15, -0.1) is 24.0 Å². The Morgan fingerprint density at radius 1 is 1.09 bits per heavy atom. The summed E-state index contributed by atoms with van der Waals surface area (Å²) in [6.45, 7) is 6.84. The van der Waals surface area contributed by atoms with E-state index in [1.54, 1.807) is 25.3 Å². The highest BCUT2D eigenvalue weighted by Crippen LogP contribution is 2.06. The minimum Gasteiger partial charge on any atom is -0.469 e. The lowest BCUT2D eigenvalue weighted by molar-refractivity contribution is -0.136. The topological polar surface area (TPSA) is 93.9 Å². The van der Waals surface area contributed by atoms with Crippen molar-refractivity contribution in [2.45, 2.75) is 6.42 Å². The van der Waals surface area contributed by atoms with E-state index >= 15 is 0 Å². The Morgan fingerprint density at radius 2 is 1.81 bits per heavy atom. The standard InChI is InChI=1S/C21H34N6O4.HI/c1-24(2)19(28)16-23-21(22-6-5-18-4-3-13-31-18)27-9-7-25(8-10-27)17-20(29)26-11-14-30-15-12-26;/h3-4,13H,5-12,14-17H2,1-2H3,(H,22,23);1H. The second-order valence-corrected chi connectivity index (χ2v) is 7.94. The molecule has 0 aliphatic carbocycles. The Bertz CT molecular complexity index is 729. The van der Waals surface area contributed by atoms with Crippen LogP contribution in [-0.4, -0.2) is 124 Å². The minimum absolute atomic E-state index is 0. The molecule has 11 heteroatoms. The molecule has 32 heavy (non-hydrogen) atoms. The molecule has 10 nitrogen and oxygen atoms in total. The van der Waals surface area contributed by atoms with Crippen molar-refractivity contribution in [3.05, 3.63) is 24.2 Å². The summed E-state index contributed by atoms with van der Waals surface area (Å²) < 4.78 is 10.7. The molecule has 0 saturated carbocycles. The number of likely N-dealkylation sites (N-methyl/N-ethyl adjacent to an activating group) is 1. The van der Waals surface area contributed by atoms with Crippen LogP contribution < -0.4 is 5.32 Å². The average Bonchev–Trinajstić information content (AvgIpc) is 3.30. The monoisotopic (exact) mass is 562 g/mol. The van der Waals surface area contributed by atoms with Crippen molar-refractivity contribution in [1.29, 1.82) is 0 Å². The van der Waals surface area contributed by atoms with Crippen LogP contribution in [-0.2, 0) is 20.7 Å². The molecule has 1 N–H and O–H groups in total. The number of furan rings is 1. The van der Waals surface area contributed by atoms with Gasteiger partial charge in [0.1, 0.15) is 12.3 Å². The summed E-state index contributed by atoms with van der Waals surface area (Å²) in [5, 5.41) is 3.37. The number of rotatable bonds is 7. The van der Waals surface area contributed by atoms with E-state index < -0.39 is 0 Å². The Labute approximate surface area is 206 Å². The number of carbonyl (C=O) groups excluding carboxylic acids is 2. The predicted molar refractivity (Wildman–Crippen MR) is 132 cm³/mol. The van der Waals surface area contributed by atoms with Crippen LogP contribution in [0.3, 0.4) is 0 Å². The highest BCUT2D eigenvalue weighted by molar-refractivity contribution is 14.0. The molecular formula is C21H35IN6O4. The summed E-state index contributed by atoms with van der Waals surface area (Å²) in [6.07, 6.45) is 2.40. The van der Waals surface area contributed by atoms with E-state index in [1.165, 1.54) is 0 Å². The number of nitrogens with one attached hydrogen (secondary N) is 1. The van der Waals surface area contributed by atoms with Crippen LogP contribution in [0.1, 0.15) is 5.76 Å². The third-order valence-corrected chi connectivity index (χ3v) is 5.49. The molecule has 0 unspecified atom stereocenters. The number of hydrogen-bond acceptors (Lipinski definition) is 6. The molecule has 180 valence electrons. The number of carbonyl (C=O) groups is 2. The maximum Gasteiger partial charge on any atom is 0.243 e. The molecule has 1 aromatic heterocycles. The van der Waals surface area contributed by atoms with Gasteiger partial charge in [-0.1, -0.05) is 0 Å². The van der Waals surface area contributed by atoms with Gasteiger partial charge >= 0.3 is 0 Å². The first-order valence-electron chi connectivity index (χ1n) is 10.9. The van der Waals surface area contributed by atoms with Gasteiger partial charge in [0.15, 0.2) is 5.96 Å². The molecule has 1 aromatic rings.